The first-order valence-corrected chi connectivity index (χ1v) is 29.5. The summed E-state index contributed by atoms with van der Waals surface area (Å²) in [6, 6.07) is 0. The van der Waals surface area contributed by atoms with Crippen molar-refractivity contribution in [3.8, 4) is 0 Å². The second-order valence-electron chi connectivity index (χ2n) is 17.4. The SMILES string of the molecule is COCC[C@H]1[C@@H](O)[C@H]([n+]2cn(C)c3c(=O)[nH]c(N)nc32)O[C@@H]1COP(=O)(O)OP(=O)(O)OP(O)(=S)OCC1O[C@@H](n2cnc3c(N)ncnc32)[C@H](OC)[C@@H]1OP(=O)([O-])OC[C@H]1O[C@@H](n2cnc3c(=O)[nH]c(N)nc32)[C@H](O)[C@@H]1O. The quantitative estimate of drug-likeness (QED) is 0.0228. The first-order valence-electron chi connectivity index (χ1n) is 22.5. The third-order valence-corrected chi connectivity index (χ3v) is 18.5. The fourth-order valence-electron chi connectivity index (χ4n) is 8.98. The Morgan fingerprint density at radius 1 is 0.769 bits per heavy atom. The fraction of sp³-hybridized carbons (Fsp3) is 0.571. The van der Waals surface area contributed by atoms with E-state index in [0.29, 0.717) is 0 Å². The molecule has 0 aromatic carbocycles. The average molecular weight is 1200 g/mol. The van der Waals surface area contributed by atoms with Crippen LogP contribution in [0.4, 0.5) is 17.7 Å². The van der Waals surface area contributed by atoms with Crippen molar-refractivity contribution in [1.29, 1.82) is 0 Å². The monoisotopic (exact) mass is 1200 g/mol. The normalized spacial score (nSPS) is 29.8. The van der Waals surface area contributed by atoms with Crippen LogP contribution in [0, 0.1) is 5.92 Å². The number of rotatable bonds is 22. The van der Waals surface area contributed by atoms with Crippen molar-refractivity contribution in [2.24, 2.45) is 13.0 Å². The van der Waals surface area contributed by atoms with E-state index < -0.39 is 135 Å². The van der Waals surface area contributed by atoms with Gasteiger partial charge in [0.1, 0.15) is 54.6 Å². The molecule has 0 bridgehead atoms. The molecule has 0 aliphatic carbocycles. The highest BCUT2D eigenvalue weighted by Crippen LogP contribution is 2.68. The summed E-state index contributed by atoms with van der Waals surface area (Å²) in [5.41, 5.74) is 15.9. The molecule has 3 fully saturated rings. The summed E-state index contributed by atoms with van der Waals surface area (Å²) in [7, 11) is -13.3. The Kier molecular flexibility index (Phi) is 16.6. The number of nitrogen functional groups attached to an aromatic ring is 3. The first-order chi connectivity index (χ1) is 36.7. The number of aromatic amines is 2. The average Bonchev–Trinajstić information content (AvgIpc) is 4.39. The van der Waals surface area contributed by atoms with Crippen LogP contribution in [0.1, 0.15) is 25.1 Å². The van der Waals surface area contributed by atoms with E-state index in [2.05, 4.69) is 48.5 Å². The zero-order valence-corrected chi connectivity index (χ0v) is 44.7. The number of phosphoric ester groups is 2. The van der Waals surface area contributed by atoms with Crippen LogP contribution < -0.4 is 37.8 Å². The molecule has 5 unspecified atom stereocenters. The van der Waals surface area contributed by atoms with Crippen molar-refractivity contribution in [1.82, 2.24) is 53.6 Å². The molecule has 9 rings (SSSR count). The number of anilines is 3. The van der Waals surface area contributed by atoms with Crippen LogP contribution >= 0.6 is 30.2 Å². The summed E-state index contributed by atoms with van der Waals surface area (Å²) in [5, 5.41) is 33.2. The van der Waals surface area contributed by atoms with Crippen LogP contribution in [-0.2, 0) is 83.0 Å². The number of H-pyrrole nitrogens is 2. The number of hydrogen-bond donors (Lipinski definition) is 11. The molecule has 38 nitrogen and oxygen atoms in total. The summed E-state index contributed by atoms with van der Waals surface area (Å²) >= 11 is 4.93. The van der Waals surface area contributed by atoms with Gasteiger partial charge in [-0.15, -0.1) is 0 Å². The Labute approximate surface area is 439 Å². The second kappa shape index (κ2) is 22.3. The number of aliphatic hydroxyl groups excluding tert-OH is 3. The van der Waals surface area contributed by atoms with Gasteiger partial charge in [-0.05, 0) is 18.2 Å². The highest BCUT2D eigenvalue weighted by atomic mass is 32.5. The summed E-state index contributed by atoms with van der Waals surface area (Å²) in [6.45, 7) is -8.05. The number of aromatic nitrogens is 12. The highest BCUT2D eigenvalue weighted by molar-refractivity contribution is 8.08. The molecule has 3 aliphatic heterocycles. The van der Waals surface area contributed by atoms with Gasteiger partial charge in [0.05, 0.1) is 45.6 Å². The van der Waals surface area contributed by atoms with E-state index in [1.165, 1.54) is 40.5 Å². The number of aryl methyl sites for hydroxylation is 1. The van der Waals surface area contributed by atoms with Crippen molar-refractivity contribution in [2.45, 2.75) is 73.9 Å². The van der Waals surface area contributed by atoms with E-state index in [1.807, 2.05) is 0 Å². The maximum absolute atomic E-state index is 13.7. The maximum Gasteiger partial charge on any atom is 0.488 e. The van der Waals surface area contributed by atoms with Crippen LogP contribution in [0.5, 0.6) is 0 Å². The Morgan fingerprint density at radius 2 is 1.42 bits per heavy atom. The van der Waals surface area contributed by atoms with Gasteiger partial charge in [0.15, 0.2) is 41.4 Å². The lowest BCUT2D eigenvalue weighted by Crippen LogP contribution is -2.45. The Hall–Kier alpha value is -4.73. The molecule has 14 N–H and O–H groups in total. The van der Waals surface area contributed by atoms with Gasteiger partial charge in [-0.3, -0.25) is 42.3 Å². The largest absolute Gasteiger partial charge is 0.756 e. The topological polar surface area (TPSA) is 537 Å². The molecule has 16 atom stereocenters. The van der Waals surface area contributed by atoms with Gasteiger partial charge < -0.3 is 89.3 Å². The van der Waals surface area contributed by atoms with Crippen molar-refractivity contribution >= 4 is 93.2 Å². The minimum absolute atomic E-state index is 0.0103. The van der Waals surface area contributed by atoms with Crippen molar-refractivity contribution in [2.75, 3.05) is 57.8 Å². The molecule has 6 aromatic rings. The van der Waals surface area contributed by atoms with E-state index in [9.17, 15) is 58.2 Å². The number of methoxy groups -OCH3 is 2. The van der Waals surface area contributed by atoms with Gasteiger partial charge in [-0.1, -0.05) is 4.98 Å². The summed E-state index contributed by atoms with van der Waals surface area (Å²) in [4.78, 5) is 99.8. The number of fused-ring (bicyclic) bond motifs is 3. The number of nitrogens with two attached hydrogens (primary N) is 3. The molecule has 0 saturated carbocycles. The van der Waals surface area contributed by atoms with Gasteiger partial charge in [-0.2, -0.15) is 9.29 Å². The molecule has 3 aliphatic rings. The molecular formula is C35H49N15O23P4S. The zero-order chi connectivity index (χ0) is 56.4. The van der Waals surface area contributed by atoms with Crippen LogP contribution in [-0.4, -0.2) is 173 Å². The van der Waals surface area contributed by atoms with Crippen LogP contribution in [0.2, 0.25) is 0 Å². The lowest BCUT2D eigenvalue weighted by molar-refractivity contribution is -0.745. The molecular weight excluding hydrogens is 1150 g/mol. The van der Waals surface area contributed by atoms with Gasteiger partial charge in [-0.25, -0.2) is 37.9 Å². The standard InChI is InChI=1S/C35H49N15O23P4S/c1-47-12-50(28-19(47)30(55)46-35(38)44-28)31-20(51)13(4-5-63-2)14(68-31)6-66-75(58,59)72-76(60,61)73-77(62,78)67-8-16-23(24(64-3)33(70-16)48-10-41-17-25(36)39-9-40-26(17)48)71-74(56,57)65-7-15-21(52)22(53)32(69-15)49-11-42-18-27(49)43-34(37)45-29(18)54/h9-16,20-24,31-33,51-53H,4-8H2,1-3H3,(H11-,36,37,38,39,40,43,44,45,46,54,55,56,57,58,59,60,61,62,78)/t13-,14-,15-,16?,20-,21-,22-,23-,24-,31-,32-,33-,77?/m1/s1. The molecule has 9 heterocycles. The van der Waals surface area contributed by atoms with E-state index in [-0.39, 0.29) is 64.2 Å². The number of hydrogen-bond acceptors (Lipinski definition) is 30. The van der Waals surface area contributed by atoms with E-state index in [4.69, 9.17) is 70.8 Å². The number of phosphoric acid groups is 3. The number of nitrogens with one attached hydrogen (secondary N) is 2. The molecule has 43 heteroatoms. The van der Waals surface area contributed by atoms with E-state index in [0.717, 1.165) is 24.3 Å². The molecule has 6 aromatic heterocycles. The molecule has 78 heavy (non-hydrogen) atoms. The minimum Gasteiger partial charge on any atom is -0.756 e. The van der Waals surface area contributed by atoms with Gasteiger partial charge in [0.25, 0.3) is 24.9 Å². The van der Waals surface area contributed by atoms with Crippen molar-refractivity contribution in [3.05, 3.63) is 46.0 Å². The van der Waals surface area contributed by atoms with Crippen molar-refractivity contribution < 1.29 is 104 Å². The molecule has 0 spiro atoms. The number of imidazole rings is 3. The molecule has 428 valence electrons. The van der Waals surface area contributed by atoms with Crippen LogP contribution in [0.3, 0.4) is 0 Å². The van der Waals surface area contributed by atoms with Crippen molar-refractivity contribution in [3.63, 3.8) is 0 Å². The fourth-order valence-corrected chi connectivity index (χ4v) is 14.4. The van der Waals surface area contributed by atoms with Gasteiger partial charge in [0.2, 0.25) is 17.7 Å². The zero-order valence-electron chi connectivity index (χ0n) is 40.3. The Bertz CT molecular complexity index is 3530. The van der Waals surface area contributed by atoms with E-state index in [1.54, 1.807) is 0 Å². The minimum atomic E-state index is -5.98. The van der Waals surface area contributed by atoms with Gasteiger partial charge >= 0.3 is 28.0 Å². The third-order valence-electron chi connectivity index (χ3n) is 12.4. The molecule has 3 saturated heterocycles. The first kappa shape index (κ1) is 57.9. The molecule has 0 radical (unpaired) electrons. The summed E-state index contributed by atoms with van der Waals surface area (Å²) in [6.07, 6.45) is -12.3. The summed E-state index contributed by atoms with van der Waals surface area (Å²) in [5.74, 6) is -1.53. The smallest absolute Gasteiger partial charge is 0.488 e. The predicted molar refractivity (Wildman–Crippen MR) is 257 cm³/mol. The molecule has 0 amide bonds. The lowest BCUT2D eigenvalue weighted by atomic mass is 9.95. The van der Waals surface area contributed by atoms with Crippen LogP contribution in [0.25, 0.3) is 33.5 Å². The lowest BCUT2D eigenvalue weighted by Gasteiger charge is -2.31. The van der Waals surface area contributed by atoms with Crippen LogP contribution in [0.15, 0.2) is 34.9 Å². The second-order valence-corrected chi connectivity index (χ2v) is 24.8. The number of nitrogens with zero attached hydrogens (tertiary/aromatic N) is 10. The highest BCUT2D eigenvalue weighted by Gasteiger charge is 2.52. The van der Waals surface area contributed by atoms with E-state index >= 15 is 0 Å². The summed E-state index contributed by atoms with van der Waals surface area (Å²) < 4.78 is 104. The van der Waals surface area contributed by atoms with Gasteiger partial charge in [0, 0.05) is 26.7 Å². The maximum atomic E-state index is 13.7. The Morgan fingerprint density at radius 3 is 2.14 bits per heavy atom. The third kappa shape index (κ3) is 11.9. The predicted octanol–water partition coefficient (Wildman–Crippen LogP) is -3.93. The Balaban J connectivity index is 0.871. The number of ether oxygens (including phenoxy) is 5. The number of aliphatic hydroxyl groups is 3.